The third-order valence-electron chi connectivity index (χ3n) is 1.67. The first kappa shape index (κ1) is 7.91. The normalized spacial score (nSPS) is 10.5. The number of hydrogen-bond acceptors (Lipinski definition) is 1. The monoisotopic (exact) mass is 273 g/mol. The van der Waals surface area contributed by atoms with Crippen LogP contribution < -0.4 is 0 Å². The van der Waals surface area contributed by atoms with E-state index in [-0.39, 0.29) is 5.82 Å². The number of benzene rings is 1. The van der Waals surface area contributed by atoms with Gasteiger partial charge in [-0.3, -0.25) is 4.98 Å². The quantitative estimate of drug-likeness (QED) is 0.672. The van der Waals surface area contributed by atoms with Crippen molar-refractivity contribution in [2.45, 2.75) is 0 Å². The van der Waals surface area contributed by atoms with Crippen molar-refractivity contribution in [3.63, 3.8) is 0 Å². The predicted molar refractivity (Wildman–Crippen MR) is 54.4 cm³/mol. The van der Waals surface area contributed by atoms with Crippen LogP contribution in [0.4, 0.5) is 4.39 Å². The molecule has 1 aromatic carbocycles. The molecule has 0 saturated carbocycles. The maximum Gasteiger partial charge on any atom is 0.145 e. The molecule has 3 heteroatoms. The summed E-state index contributed by atoms with van der Waals surface area (Å²) in [5.74, 6) is -0.179. The molecule has 0 aliphatic carbocycles. The molecule has 0 unspecified atom stereocenters. The summed E-state index contributed by atoms with van der Waals surface area (Å²) in [4.78, 5) is 4.04. The van der Waals surface area contributed by atoms with E-state index in [0.29, 0.717) is 14.5 Å². The maximum atomic E-state index is 13.4. The number of hydrogen-bond donors (Lipinski definition) is 0. The highest BCUT2D eigenvalue weighted by Gasteiger charge is 2.03. The van der Waals surface area contributed by atoms with Crippen LogP contribution in [0.5, 0.6) is 0 Å². The molecule has 0 spiro atoms. The lowest BCUT2D eigenvalue weighted by Gasteiger charge is -1.98. The highest BCUT2D eigenvalue weighted by atomic mass is 127. The Bertz CT molecular complexity index is 428. The van der Waals surface area contributed by atoms with Crippen molar-refractivity contribution in [2.75, 3.05) is 0 Å². The van der Waals surface area contributed by atoms with Crippen LogP contribution in [0.25, 0.3) is 10.9 Å². The number of nitrogens with zero attached hydrogens (tertiary/aromatic N) is 1. The van der Waals surface area contributed by atoms with Crippen LogP contribution in [0.2, 0.25) is 0 Å². The Hall–Kier alpha value is -0.710. The van der Waals surface area contributed by atoms with Crippen molar-refractivity contribution < 1.29 is 4.39 Å². The molecule has 0 amide bonds. The van der Waals surface area contributed by atoms with Crippen LogP contribution in [0.15, 0.2) is 30.5 Å². The first-order chi connectivity index (χ1) is 5.79. The molecule has 0 atom stereocenters. The fraction of sp³-hybridized carbons (Fsp3) is 0. The Kier molecular flexibility index (Phi) is 1.96. The van der Waals surface area contributed by atoms with Gasteiger partial charge in [0.25, 0.3) is 0 Å². The van der Waals surface area contributed by atoms with E-state index in [1.807, 2.05) is 28.7 Å². The van der Waals surface area contributed by atoms with Gasteiger partial charge in [-0.2, -0.15) is 0 Å². The van der Waals surface area contributed by atoms with E-state index in [9.17, 15) is 4.39 Å². The summed E-state index contributed by atoms with van der Waals surface area (Å²) in [6, 6.07) is 7.02. The van der Waals surface area contributed by atoms with Crippen molar-refractivity contribution in [1.29, 1.82) is 0 Å². The molecule has 0 aliphatic rings. The van der Waals surface area contributed by atoms with E-state index in [2.05, 4.69) is 4.98 Å². The molecule has 0 bridgehead atoms. The SMILES string of the molecule is Fc1c(I)ccc2ncccc12. The zero-order valence-corrected chi connectivity index (χ0v) is 8.25. The Morgan fingerprint density at radius 2 is 2.08 bits per heavy atom. The van der Waals surface area contributed by atoms with Crippen LogP contribution in [-0.4, -0.2) is 4.98 Å². The summed E-state index contributed by atoms with van der Waals surface area (Å²) in [6.45, 7) is 0. The second-order valence-electron chi connectivity index (χ2n) is 2.43. The Labute approximate surface area is 82.8 Å². The highest BCUT2D eigenvalue weighted by molar-refractivity contribution is 14.1. The van der Waals surface area contributed by atoms with E-state index < -0.39 is 0 Å². The Balaban J connectivity index is 2.91. The van der Waals surface area contributed by atoms with Crippen LogP contribution in [0.1, 0.15) is 0 Å². The molecule has 0 N–H and O–H groups in total. The Morgan fingerprint density at radius 3 is 2.92 bits per heavy atom. The standard InChI is InChI=1S/C9H5FIN/c10-9-6-2-1-5-12-8(6)4-3-7(9)11/h1-5H. The number of aromatic nitrogens is 1. The van der Waals surface area contributed by atoms with E-state index in [1.54, 1.807) is 24.4 Å². The molecule has 0 radical (unpaired) electrons. The van der Waals surface area contributed by atoms with E-state index in [1.165, 1.54) is 0 Å². The van der Waals surface area contributed by atoms with Crippen molar-refractivity contribution in [3.8, 4) is 0 Å². The predicted octanol–water partition coefficient (Wildman–Crippen LogP) is 2.98. The van der Waals surface area contributed by atoms with Crippen LogP contribution in [0.3, 0.4) is 0 Å². The van der Waals surface area contributed by atoms with Crippen molar-refractivity contribution in [1.82, 2.24) is 4.98 Å². The molecule has 2 rings (SSSR count). The number of rotatable bonds is 0. The Morgan fingerprint density at radius 1 is 1.25 bits per heavy atom. The molecule has 60 valence electrons. The highest BCUT2D eigenvalue weighted by Crippen LogP contribution is 2.19. The molecule has 12 heavy (non-hydrogen) atoms. The van der Waals surface area contributed by atoms with Gasteiger partial charge in [0.1, 0.15) is 5.82 Å². The third-order valence-corrected chi connectivity index (χ3v) is 2.51. The molecule has 0 saturated heterocycles. The number of pyridine rings is 1. The average molecular weight is 273 g/mol. The number of fused-ring (bicyclic) bond motifs is 1. The van der Waals surface area contributed by atoms with Crippen LogP contribution in [0, 0.1) is 9.39 Å². The minimum atomic E-state index is -0.179. The van der Waals surface area contributed by atoms with Gasteiger partial charge in [-0.25, -0.2) is 4.39 Å². The van der Waals surface area contributed by atoms with E-state index >= 15 is 0 Å². The van der Waals surface area contributed by atoms with Gasteiger partial charge in [0.2, 0.25) is 0 Å². The average Bonchev–Trinajstić information content (AvgIpc) is 2.12. The summed E-state index contributed by atoms with van der Waals surface area (Å²) in [5, 5.41) is 0.587. The molecule has 0 fully saturated rings. The molecule has 0 aliphatic heterocycles. The molecule has 1 heterocycles. The zero-order chi connectivity index (χ0) is 8.55. The van der Waals surface area contributed by atoms with Gasteiger partial charge in [-0.1, -0.05) is 0 Å². The smallest absolute Gasteiger partial charge is 0.145 e. The largest absolute Gasteiger partial charge is 0.256 e. The first-order valence-corrected chi connectivity index (χ1v) is 4.55. The second-order valence-corrected chi connectivity index (χ2v) is 3.59. The molecule has 1 aromatic heterocycles. The van der Waals surface area contributed by atoms with E-state index in [0.717, 1.165) is 0 Å². The van der Waals surface area contributed by atoms with Crippen molar-refractivity contribution in [2.24, 2.45) is 0 Å². The van der Waals surface area contributed by atoms with Gasteiger partial charge in [-0.05, 0) is 46.9 Å². The zero-order valence-electron chi connectivity index (χ0n) is 6.09. The summed E-state index contributed by atoms with van der Waals surface area (Å²) < 4.78 is 14.0. The van der Waals surface area contributed by atoms with Gasteiger partial charge in [0.05, 0.1) is 5.52 Å². The molecule has 1 nitrogen and oxygen atoms in total. The van der Waals surface area contributed by atoms with Gasteiger partial charge in [0.15, 0.2) is 0 Å². The first-order valence-electron chi connectivity index (χ1n) is 3.48. The van der Waals surface area contributed by atoms with Crippen molar-refractivity contribution in [3.05, 3.63) is 39.8 Å². The summed E-state index contributed by atoms with van der Waals surface area (Å²) in [7, 11) is 0. The van der Waals surface area contributed by atoms with Gasteiger partial charge >= 0.3 is 0 Å². The minimum Gasteiger partial charge on any atom is -0.256 e. The van der Waals surface area contributed by atoms with Gasteiger partial charge in [-0.15, -0.1) is 0 Å². The van der Waals surface area contributed by atoms with Gasteiger partial charge < -0.3 is 0 Å². The topological polar surface area (TPSA) is 12.9 Å². The summed E-state index contributed by atoms with van der Waals surface area (Å²) in [6.07, 6.45) is 1.66. The summed E-state index contributed by atoms with van der Waals surface area (Å²) >= 11 is 1.97. The van der Waals surface area contributed by atoms with Crippen molar-refractivity contribution >= 4 is 33.5 Å². The fourth-order valence-electron chi connectivity index (χ4n) is 1.09. The molecular weight excluding hydrogens is 268 g/mol. The third kappa shape index (κ3) is 1.18. The minimum absolute atomic E-state index is 0.179. The van der Waals surface area contributed by atoms with Gasteiger partial charge in [0, 0.05) is 15.2 Å². The molecular formula is C9H5FIN. The lowest BCUT2D eigenvalue weighted by Crippen LogP contribution is -1.85. The van der Waals surface area contributed by atoms with E-state index in [4.69, 9.17) is 0 Å². The lowest BCUT2D eigenvalue weighted by atomic mass is 10.2. The van der Waals surface area contributed by atoms with Crippen LogP contribution in [-0.2, 0) is 0 Å². The second kappa shape index (κ2) is 2.97. The maximum absolute atomic E-state index is 13.4. The summed E-state index contributed by atoms with van der Waals surface area (Å²) in [5.41, 5.74) is 0.704. The lowest BCUT2D eigenvalue weighted by molar-refractivity contribution is 0.632. The number of halogens is 2. The van der Waals surface area contributed by atoms with Crippen LogP contribution >= 0.6 is 22.6 Å². The fourth-order valence-corrected chi connectivity index (χ4v) is 1.56. The molecule has 2 aromatic rings.